The number of nitrogens with zero attached hydrogens (tertiary/aromatic N) is 2. The first kappa shape index (κ1) is 14.1. The number of aliphatic hydroxyl groups excluding tert-OH is 1. The van der Waals surface area contributed by atoms with Crippen LogP contribution in [0.25, 0.3) is 11.5 Å². The summed E-state index contributed by atoms with van der Waals surface area (Å²) in [5.41, 5.74) is 1.72. The lowest BCUT2D eigenvalue weighted by Crippen LogP contribution is -2.26. The van der Waals surface area contributed by atoms with Crippen LogP contribution in [-0.4, -0.2) is 34.7 Å². The largest absolute Gasteiger partial charge is 0.444 e. The molecule has 0 atom stereocenters. The monoisotopic (exact) mass is 280 g/mol. The van der Waals surface area contributed by atoms with Crippen LogP contribution in [0.4, 0.5) is 0 Å². The summed E-state index contributed by atoms with van der Waals surface area (Å²) in [7, 11) is 0. The highest BCUT2D eigenvalue weighted by Gasteiger charge is 2.10. The molecule has 4 nitrogen and oxygen atoms in total. The van der Waals surface area contributed by atoms with Crippen LogP contribution in [0.5, 0.6) is 0 Å². The Hall–Kier alpha value is -1.36. The Labute approximate surface area is 117 Å². The van der Waals surface area contributed by atoms with Gasteiger partial charge in [0.25, 0.3) is 0 Å². The highest BCUT2D eigenvalue weighted by molar-refractivity contribution is 6.30. The van der Waals surface area contributed by atoms with Crippen LogP contribution in [0, 0.1) is 0 Å². The summed E-state index contributed by atoms with van der Waals surface area (Å²) in [6, 6.07) is 7.41. The van der Waals surface area contributed by atoms with Crippen molar-refractivity contribution in [3.8, 4) is 11.5 Å². The van der Waals surface area contributed by atoms with E-state index in [0.29, 0.717) is 24.0 Å². The molecular weight excluding hydrogens is 264 g/mol. The Balaban J connectivity index is 2.10. The number of halogens is 1. The molecule has 0 aliphatic carbocycles. The van der Waals surface area contributed by atoms with Gasteiger partial charge in [-0.1, -0.05) is 24.6 Å². The number of benzene rings is 1. The highest BCUT2D eigenvalue weighted by Crippen LogP contribution is 2.22. The van der Waals surface area contributed by atoms with Gasteiger partial charge in [0, 0.05) is 23.7 Å². The maximum Gasteiger partial charge on any atom is 0.226 e. The summed E-state index contributed by atoms with van der Waals surface area (Å²) in [5, 5.41) is 9.62. The van der Waals surface area contributed by atoms with E-state index in [1.54, 1.807) is 6.26 Å². The third-order valence-electron chi connectivity index (χ3n) is 2.87. The predicted octanol–water partition coefficient (Wildman–Crippen LogP) is 2.81. The third-order valence-corrected chi connectivity index (χ3v) is 3.11. The molecule has 0 bridgehead atoms. The molecule has 1 N–H and O–H groups in total. The van der Waals surface area contributed by atoms with E-state index in [4.69, 9.17) is 21.1 Å². The molecule has 0 saturated heterocycles. The Morgan fingerprint density at radius 1 is 1.42 bits per heavy atom. The molecule has 0 amide bonds. The summed E-state index contributed by atoms with van der Waals surface area (Å²) in [6.07, 6.45) is 1.65. The lowest BCUT2D eigenvalue weighted by molar-refractivity contribution is 0.195. The third kappa shape index (κ3) is 3.80. The second-order valence-electron chi connectivity index (χ2n) is 4.25. The van der Waals surface area contributed by atoms with Gasteiger partial charge in [0.05, 0.1) is 12.3 Å². The topological polar surface area (TPSA) is 49.5 Å². The quantitative estimate of drug-likeness (QED) is 0.884. The van der Waals surface area contributed by atoms with E-state index in [0.717, 1.165) is 17.8 Å². The van der Waals surface area contributed by atoms with Crippen molar-refractivity contribution in [2.75, 3.05) is 19.7 Å². The normalized spacial score (nSPS) is 11.2. The fourth-order valence-electron chi connectivity index (χ4n) is 1.85. The van der Waals surface area contributed by atoms with Crippen molar-refractivity contribution in [2.45, 2.75) is 13.5 Å². The van der Waals surface area contributed by atoms with Crippen LogP contribution in [0.3, 0.4) is 0 Å². The molecule has 1 heterocycles. The molecule has 5 heteroatoms. The molecule has 0 unspecified atom stereocenters. The van der Waals surface area contributed by atoms with Crippen LogP contribution in [0.2, 0.25) is 5.02 Å². The maximum atomic E-state index is 8.96. The van der Waals surface area contributed by atoms with Crippen molar-refractivity contribution in [1.29, 1.82) is 0 Å². The fraction of sp³-hybridized carbons (Fsp3) is 0.357. The Bertz CT molecular complexity index is 528. The number of hydrogen-bond donors (Lipinski definition) is 1. The van der Waals surface area contributed by atoms with Gasteiger partial charge in [-0.3, -0.25) is 4.90 Å². The second kappa shape index (κ2) is 6.70. The van der Waals surface area contributed by atoms with Crippen molar-refractivity contribution < 1.29 is 9.52 Å². The average Bonchev–Trinajstić information content (AvgIpc) is 2.87. The second-order valence-corrected chi connectivity index (χ2v) is 4.68. The zero-order valence-corrected chi connectivity index (χ0v) is 11.6. The highest BCUT2D eigenvalue weighted by atomic mass is 35.5. The number of oxazole rings is 1. The van der Waals surface area contributed by atoms with Gasteiger partial charge in [-0.25, -0.2) is 4.98 Å². The van der Waals surface area contributed by atoms with Gasteiger partial charge in [-0.2, -0.15) is 0 Å². The first-order chi connectivity index (χ1) is 9.22. The van der Waals surface area contributed by atoms with Crippen molar-refractivity contribution >= 4 is 11.6 Å². The van der Waals surface area contributed by atoms with Gasteiger partial charge in [-0.15, -0.1) is 0 Å². The SMILES string of the molecule is CCN(CCO)Cc1coc(-c2cccc(Cl)c2)n1. The first-order valence-electron chi connectivity index (χ1n) is 6.26. The summed E-state index contributed by atoms with van der Waals surface area (Å²) >= 11 is 5.94. The van der Waals surface area contributed by atoms with Gasteiger partial charge in [-0.05, 0) is 24.7 Å². The minimum Gasteiger partial charge on any atom is -0.444 e. The van der Waals surface area contributed by atoms with Crippen molar-refractivity contribution in [3.05, 3.63) is 41.2 Å². The lowest BCUT2D eigenvalue weighted by atomic mass is 10.2. The van der Waals surface area contributed by atoms with Gasteiger partial charge in [0.15, 0.2) is 0 Å². The van der Waals surface area contributed by atoms with Gasteiger partial charge in [0.2, 0.25) is 5.89 Å². The molecule has 0 saturated carbocycles. The minimum absolute atomic E-state index is 0.146. The average molecular weight is 281 g/mol. The Kier molecular flexibility index (Phi) is 4.96. The van der Waals surface area contributed by atoms with E-state index in [1.165, 1.54) is 0 Å². The minimum atomic E-state index is 0.146. The number of likely N-dealkylation sites (N-methyl/N-ethyl adjacent to an activating group) is 1. The molecule has 1 aromatic heterocycles. The Morgan fingerprint density at radius 3 is 2.95 bits per heavy atom. The summed E-state index contributed by atoms with van der Waals surface area (Å²) in [4.78, 5) is 6.54. The van der Waals surface area contributed by atoms with E-state index in [2.05, 4.69) is 9.88 Å². The summed E-state index contributed by atoms with van der Waals surface area (Å²) in [6.45, 7) is 4.36. The Morgan fingerprint density at radius 2 is 2.26 bits per heavy atom. The fourth-order valence-corrected chi connectivity index (χ4v) is 2.04. The molecule has 0 aliphatic rings. The van der Waals surface area contributed by atoms with Gasteiger partial charge in [0.1, 0.15) is 6.26 Å². The van der Waals surface area contributed by atoms with Gasteiger partial charge >= 0.3 is 0 Å². The smallest absolute Gasteiger partial charge is 0.226 e. The van der Waals surface area contributed by atoms with Crippen LogP contribution in [0.1, 0.15) is 12.6 Å². The zero-order valence-electron chi connectivity index (χ0n) is 10.8. The number of aliphatic hydroxyl groups is 1. The maximum absolute atomic E-state index is 8.96. The molecule has 2 aromatic rings. The summed E-state index contributed by atoms with van der Waals surface area (Å²) in [5.74, 6) is 0.567. The molecule has 2 rings (SSSR count). The van der Waals surface area contributed by atoms with Crippen molar-refractivity contribution in [1.82, 2.24) is 9.88 Å². The molecule has 102 valence electrons. The van der Waals surface area contributed by atoms with E-state index in [-0.39, 0.29) is 6.61 Å². The van der Waals surface area contributed by atoms with Crippen LogP contribution in [0.15, 0.2) is 34.9 Å². The number of rotatable bonds is 6. The number of aromatic nitrogens is 1. The molecule has 1 aromatic carbocycles. The van der Waals surface area contributed by atoms with Crippen LogP contribution >= 0.6 is 11.6 Å². The number of hydrogen-bond acceptors (Lipinski definition) is 4. The van der Waals surface area contributed by atoms with E-state index in [9.17, 15) is 0 Å². The standard InChI is InChI=1S/C14H17ClN2O2/c1-2-17(6-7-18)9-13-10-19-14(16-13)11-4-3-5-12(15)8-11/h3-5,8,10,18H,2,6-7,9H2,1H3. The summed E-state index contributed by atoms with van der Waals surface area (Å²) < 4.78 is 5.47. The van der Waals surface area contributed by atoms with Gasteiger partial charge < -0.3 is 9.52 Å². The molecular formula is C14H17ClN2O2. The molecule has 19 heavy (non-hydrogen) atoms. The predicted molar refractivity (Wildman–Crippen MR) is 75.0 cm³/mol. The first-order valence-corrected chi connectivity index (χ1v) is 6.64. The zero-order chi connectivity index (χ0) is 13.7. The molecule has 0 fully saturated rings. The van der Waals surface area contributed by atoms with E-state index in [1.807, 2.05) is 31.2 Å². The molecule has 0 radical (unpaired) electrons. The van der Waals surface area contributed by atoms with Crippen LogP contribution < -0.4 is 0 Å². The molecule has 0 aliphatic heterocycles. The van der Waals surface area contributed by atoms with Crippen LogP contribution in [-0.2, 0) is 6.54 Å². The lowest BCUT2D eigenvalue weighted by Gasteiger charge is -2.16. The molecule has 0 spiro atoms. The van der Waals surface area contributed by atoms with E-state index < -0.39 is 0 Å². The van der Waals surface area contributed by atoms with Crippen molar-refractivity contribution in [2.24, 2.45) is 0 Å². The van der Waals surface area contributed by atoms with Crippen molar-refractivity contribution in [3.63, 3.8) is 0 Å². The van der Waals surface area contributed by atoms with E-state index >= 15 is 0 Å².